The molecule has 0 amide bonds. The third kappa shape index (κ3) is 2.65. The quantitative estimate of drug-likeness (QED) is 0.860. The van der Waals surface area contributed by atoms with E-state index in [1.54, 1.807) is 12.1 Å². The van der Waals surface area contributed by atoms with Gasteiger partial charge in [-0.2, -0.15) is 0 Å². The predicted molar refractivity (Wildman–Crippen MR) is 76.1 cm³/mol. The van der Waals surface area contributed by atoms with Gasteiger partial charge in [0.1, 0.15) is 5.75 Å². The zero-order chi connectivity index (χ0) is 13.3. The average molecular weight is 268 g/mol. The minimum absolute atomic E-state index is 0.203. The summed E-state index contributed by atoms with van der Waals surface area (Å²) in [4.78, 5) is 2.49. The summed E-state index contributed by atoms with van der Waals surface area (Å²) in [7, 11) is 0. The summed E-state index contributed by atoms with van der Waals surface area (Å²) in [6.45, 7) is 6.70. The Balaban J connectivity index is 2.28. The van der Waals surface area contributed by atoms with Crippen molar-refractivity contribution in [1.29, 1.82) is 0 Å². The minimum atomic E-state index is 0.203. The van der Waals surface area contributed by atoms with Gasteiger partial charge < -0.3 is 5.11 Å². The number of phenols is 1. The summed E-state index contributed by atoms with van der Waals surface area (Å²) in [5.41, 5.74) is 0.933. The SMILES string of the molecule is CC1CCCC(C)N1C(C)c1cc(Cl)ccc1O. The molecule has 2 rings (SSSR count). The monoisotopic (exact) mass is 267 g/mol. The predicted octanol–water partition coefficient (Wildman–Crippen LogP) is 4.37. The molecule has 1 N–H and O–H groups in total. The Kier molecular flexibility index (Phi) is 4.18. The van der Waals surface area contributed by atoms with E-state index in [1.807, 2.05) is 6.07 Å². The van der Waals surface area contributed by atoms with Crippen LogP contribution in [0.5, 0.6) is 5.75 Å². The fourth-order valence-corrected chi connectivity index (χ4v) is 3.41. The largest absolute Gasteiger partial charge is 0.508 e. The van der Waals surface area contributed by atoms with Crippen molar-refractivity contribution in [2.24, 2.45) is 0 Å². The van der Waals surface area contributed by atoms with Gasteiger partial charge in [-0.05, 0) is 51.8 Å². The first-order valence-electron chi connectivity index (χ1n) is 6.76. The Morgan fingerprint density at radius 3 is 2.50 bits per heavy atom. The minimum Gasteiger partial charge on any atom is -0.508 e. The lowest BCUT2D eigenvalue weighted by molar-refractivity contribution is 0.0613. The van der Waals surface area contributed by atoms with Gasteiger partial charge in [-0.15, -0.1) is 0 Å². The molecule has 0 radical (unpaired) electrons. The lowest BCUT2D eigenvalue weighted by Crippen LogP contribution is -2.45. The lowest BCUT2D eigenvalue weighted by atomic mass is 9.93. The van der Waals surface area contributed by atoms with Crippen LogP contribution in [0.3, 0.4) is 0 Å². The number of phenolic OH excluding ortho intramolecular Hbond substituents is 1. The normalized spacial score (nSPS) is 27.1. The van der Waals surface area contributed by atoms with Gasteiger partial charge in [-0.1, -0.05) is 18.0 Å². The van der Waals surface area contributed by atoms with Gasteiger partial charge in [0, 0.05) is 28.7 Å². The number of benzene rings is 1. The van der Waals surface area contributed by atoms with Crippen molar-refractivity contribution in [2.75, 3.05) is 0 Å². The zero-order valence-corrected chi connectivity index (χ0v) is 12.1. The van der Waals surface area contributed by atoms with E-state index in [9.17, 15) is 5.11 Å². The van der Waals surface area contributed by atoms with E-state index in [0.717, 1.165) is 5.56 Å². The van der Waals surface area contributed by atoms with E-state index in [-0.39, 0.29) is 6.04 Å². The first-order chi connectivity index (χ1) is 8.50. The first kappa shape index (κ1) is 13.7. The Bertz CT molecular complexity index is 411. The van der Waals surface area contributed by atoms with Crippen molar-refractivity contribution in [1.82, 2.24) is 4.90 Å². The van der Waals surface area contributed by atoms with Crippen molar-refractivity contribution >= 4 is 11.6 Å². The van der Waals surface area contributed by atoms with Crippen molar-refractivity contribution in [3.8, 4) is 5.75 Å². The van der Waals surface area contributed by atoms with Gasteiger partial charge in [-0.3, -0.25) is 4.90 Å². The fourth-order valence-electron chi connectivity index (χ4n) is 3.23. The van der Waals surface area contributed by atoms with Gasteiger partial charge in [-0.25, -0.2) is 0 Å². The molecule has 1 saturated heterocycles. The molecule has 0 aromatic heterocycles. The van der Waals surface area contributed by atoms with Crippen molar-refractivity contribution < 1.29 is 5.11 Å². The van der Waals surface area contributed by atoms with Crippen LogP contribution in [0.1, 0.15) is 51.6 Å². The number of aromatic hydroxyl groups is 1. The van der Waals surface area contributed by atoms with E-state index < -0.39 is 0 Å². The number of piperidine rings is 1. The number of nitrogens with zero attached hydrogens (tertiary/aromatic N) is 1. The second-order valence-corrected chi connectivity index (χ2v) is 5.89. The Labute approximate surface area is 115 Å². The molecule has 100 valence electrons. The van der Waals surface area contributed by atoms with Crippen LogP contribution in [-0.4, -0.2) is 22.1 Å². The van der Waals surface area contributed by atoms with Crippen molar-refractivity contribution in [2.45, 2.75) is 58.2 Å². The molecule has 3 heteroatoms. The summed E-state index contributed by atoms with van der Waals surface area (Å²) in [5, 5.41) is 10.7. The molecule has 0 aliphatic carbocycles. The van der Waals surface area contributed by atoms with Crippen LogP contribution in [0, 0.1) is 0 Å². The summed E-state index contributed by atoms with van der Waals surface area (Å²) < 4.78 is 0. The molecule has 1 heterocycles. The Morgan fingerprint density at radius 2 is 1.89 bits per heavy atom. The third-order valence-electron chi connectivity index (χ3n) is 4.15. The first-order valence-corrected chi connectivity index (χ1v) is 7.14. The molecule has 1 aromatic rings. The lowest BCUT2D eigenvalue weighted by Gasteiger charge is -2.43. The van der Waals surface area contributed by atoms with Crippen LogP contribution in [0.2, 0.25) is 5.02 Å². The Hall–Kier alpha value is -0.730. The molecule has 2 nitrogen and oxygen atoms in total. The summed E-state index contributed by atoms with van der Waals surface area (Å²) >= 11 is 6.04. The molecule has 1 aliphatic heterocycles. The van der Waals surface area contributed by atoms with Gasteiger partial charge >= 0.3 is 0 Å². The molecular weight excluding hydrogens is 246 g/mol. The van der Waals surface area contributed by atoms with Gasteiger partial charge in [0.25, 0.3) is 0 Å². The third-order valence-corrected chi connectivity index (χ3v) is 4.38. The number of likely N-dealkylation sites (tertiary alicyclic amines) is 1. The maximum absolute atomic E-state index is 10.0. The molecule has 1 fully saturated rings. The van der Waals surface area contributed by atoms with Crippen LogP contribution in [0.15, 0.2) is 18.2 Å². The van der Waals surface area contributed by atoms with E-state index in [2.05, 4.69) is 25.7 Å². The maximum Gasteiger partial charge on any atom is 0.120 e. The summed E-state index contributed by atoms with van der Waals surface area (Å²) in [6.07, 6.45) is 3.76. The molecule has 3 atom stereocenters. The number of hydrogen-bond acceptors (Lipinski definition) is 2. The maximum atomic E-state index is 10.0. The fraction of sp³-hybridized carbons (Fsp3) is 0.600. The standard InChI is InChI=1S/C15H22ClNO/c1-10-5-4-6-11(2)17(10)12(3)14-9-13(16)7-8-15(14)18/h7-12,18H,4-6H2,1-3H3. The summed E-state index contributed by atoms with van der Waals surface area (Å²) in [5.74, 6) is 0.344. The van der Waals surface area contributed by atoms with Crippen LogP contribution >= 0.6 is 11.6 Å². The molecule has 1 aromatic carbocycles. The molecule has 0 saturated carbocycles. The number of rotatable bonds is 2. The van der Waals surface area contributed by atoms with Crippen LogP contribution < -0.4 is 0 Å². The van der Waals surface area contributed by atoms with Crippen LogP contribution in [0.4, 0.5) is 0 Å². The van der Waals surface area contributed by atoms with Crippen molar-refractivity contribution in [3.05, 3.63) is 28.8 Å². The number of hydrogen-bond donors (Lipinski definition) is 1. The van der Waals surface area contributed by atoms with E-state index in [0.29, 0.717) is 22.9 Å². The topological polar surface area (TPSA) is 23.5 Å². The molecule has 0 bridgehead atoms. The summed E-state index contributed by atoms with van der Waals surface area (Å²) in [6, 6.07) is 6.62. The smallest absolute Gasteiger partial charge is 0.120 e. The highest BCUT2D eigenvalue weighted by Crippen LogP contribution is 2.36. The second kappa shape index (κ2) is 5.50. The molecule has 1 aliphatic rings. The zero-order valence-electron chi connectivity index (χ0n) is 11.4. The van der Waals surface area contributed by atoms with E-state index >= 15 is 0 Å². The number of halogens is 1. The highest BCUT2D eigenvalue weighted by atomic mass is 35.5. The van der Waals surface area contributed by atoms with Crippen molar-refractivity contribution in [3.63, 3.8) is 0 Å². The molecular formula is C15H22ClNO. The van der Waals surface area contributed by atoms with Crippen LogP contribution in [-0.2, 0) is 0 Å². The van der Waals surface area contributed by atoms with Gasteiger partial charge in [0.2, 0.25) is 0 Å². The van der Waals surface area contributed by atoms with Crippen LogP contribution in [0.25, 0.3) is 0 Å². The molecule has 18 heavy (non-hydrogen) atoms. The molecule has 0 spiro atoms. The van der Waals surface area contributed by atoms with Gasteiger partial charge in [0.05, 0.1) is 0 Å². The Morgan fingerprint density at radius 1 is 1.28 bits per heavy atom. The average Bonchev–Trinajstić information content (AvgIpc) is 2.32. The second-order valence-electron chi connectivity index (χ2n) is 5.46. The highest BCUT2D eigenvalue weighted by molar-refractivity contribution is 6.30. The van der Waals surface area contributed by atoms with E-state index in [4.69, 9.17) is 11.6 Å². The van der Waals surface area contributed by atoms with E-state index in [1.165, 1.54) is 19.3 Å². The highest BCUT2D eigenvalue weighted by Gasteiger charge is 2.30. The van der Waals surface area contributed by atoms with Gasteiger partial charge in [0.15, 0.2) is 0 Å². The molecule has 3 unspecified atom stereocenters.